The van der Waals surface area contributed by atoms with Crippen LogP contribution in [0.5, 0.6) is 5.88 Å². The van der Waals surface area contributed by atoms with Crippen LogP contribution >= 0.6 is 0 Å². The average molecular weight is 453 g/mol. The summed E-state index contributed by atoms with van der Waals surface area (Å²) in [6, 6.07) is 13.1. The van der Waals surface area contributed by atoms with Gasteiger partial charge in [0, 0.05) is 25.7 Å². The van der Waals surface area contributed by atoms with Gasteiger partial charge in [-0.3, -0.25) is 10.1 Å². The Morgan fingerprint density at radius 2 is 1.82 bits per heavy atom. The van der Waals surface area contributed by atoms with Crippen LogP contribution in [-0.4, -0.2) is 52.6 Å². The van der Waals surface area contributed by atoms with Gasteiger partial charge in [-0.25, -0.2) is 4.98 Å². The topological polar surface area (TPSA) is 105 Å². The number of nitrogens with one attached hydrogen (secondary N) is 2. The average Bonchev–Trinajstić information content (AvgIpc) is 2.83. The van der Waals surface area contributed by atoms with Crippen LogP contribution in [0.1, 0.15) is 32.8 Å². The van der Waals surface area contributed by atoms with Crippen molar-refractivity contribution in [1.29, 1.82) is 0 Å². The maximum absolute atomic E-state index is 11.6. The first kappa shape index (κ1) is 24.2. The van der Waals surface area contributed by atoms with Gasteiger partial charge in [0.25, 0.3) is 5.69 Å². The van der Waals surface area contributed by atoms with Crippen molar-refractivity contribution in [3.8, 4) is 5.88 Å². The number of ether oxygens (including phenoxy) is 1. The van der Waals surface area contributed by atoms with E-state index in [0.717, 1.165) is 31.6 Å². The molecule has 2 N–H and O–H groups in total. The van der Waals surface area contributed by atoms with E-state index in [1.807, 2.05) is 37.3 Å². The van der Waals surface area contributed by atoms with Gasteiger partial charge in [0.15, 0.2) is 0 Å². The highest BCUT2D eigenvalue weighted by Gasteiger charge is 2.19. The van der Waals surface area contributed by atoms with Gasteiger partial charge < -0.3 is 20.3 Å². The van der Waals surface area contributed by atoms with Crippen molar-refractivity contribution < 1.29 is 9.66 Å². The zero-order valence-electron chi connectivity index (χ0n) is 19.5. The van der Waals surface area contributed by atoms with Crippen LogP contribution in [0.2, 0.25) is 0 Å². The number of hydrogen-bond donors (Lipinski definition) is 2. The molecule has 3 rings (SSSR count). The summed E-state index contributed by atoms with van der Waals surface area (Å²) < 4.78 is 6.03. The van der Waals surface area contributed by atoms with E-state index in [1.165, 1.54) is 6.07 Å². The number of aromatic nitrogens is 2. The summed E-state index contributed by atoms with van der Waals surface area (Å²) in [6.45, 7) is 10.6. The van der Waals surface area contributed by atoms with Crippen molar-refractivity contribution >= 4 is 28.2 Å². The van der Waals surface area contributed by atoms with Gasteiger partial charge in [-0.05, 0) is 38.1 Å². The number of nitrogens with zero attached hydrogens (tertiary/aromatic N) is 4. The number of anilines is 2. The third-order valence-electron chi connectivity index (χ3n) is 5.39. The predicted molar refractivity (Wildman–Crippen MR) is 132 cm³/mol. The Labute approximate surface area is 194 Å². The number of rotatable bonds is 13. The van der Waals surface area contributed by atoms with Gasteiger partial charge >= 0.3 is 0 Å². The second kappa shape index (κ2) is 12.0. The lowest BCUT2D eigenvalue weighted by Crippen LogP contribution is -2.25. The Kier molecular flexibility index (Phi) is 8.77. The number of nitro benzene ring substituents is 1. The van der Waals surface area contributed by atoms with Crippen LogP contribution < -0.4 is 15.4 Å². The van der Waals surface area contributed by atoms with E-state index in [2.05, 4.69) is 39.3 Å². The molecule has 9 heteroatoms. The molecule has 0 radical (unpaired) electrons. The second-order valence-corrected chi connectivity index (χ2v) is 7.59. The molecule has 33 heavy (non-hydrogen) atoms. The molecule has 0 saturated heterocycles. The highest BCUT2D eigenvalue weighted by atomic mass is 16.6. The molecule has 0 spiro atoms. The monoisotopic (exact) mass is 452 g/mol. The number of benzene rings is 2. The summed E-state index contributed by atoms with van der Waals surface area (Å²) >= 11 is 0. The predicted octanol–water partition coefficient (Wildman–Crippen LogP) is 4.69. The van der Waals surface area contributed by atoms with Gasteiger partial charge in [0.05, 0.1) is 22.4 Å². The first-order chi connectivity index (χ1) is 16.0. The lowest BCUT2D eigenvalue weighted by Gasteiger charge is -2.18. The molecule has 0 saturated carbocycles. The third-order valence-corrected chi connectivity index (χ3v) is 5.39. The molecular formula is C24H32N6O3. The summed E-state index contributed by atoms with van der Waals surface area (Å²) in [7, 11) is 0. The molecule has 176 valence electrons. The molecule has 0 amide bonds. The van der Waals surface area contributed by atoms with Crippen molar-refractivity contribution in [2.75, 3.05) is 43.4 Å². The van der Waals surface area contributed by atoms with E-state index in [0.29, 0.717) is 48.1 Å². The molecule has 2 aromatic carbocycles. The van der Waals surface area contributed by atoms with Gasteiger partial charge in [0.2, 0.25) is 11.8 Å². The molecule has 3 aromatic rings. The fourth-order valence-electron chi connectivity index (χ4n) is 3.58. The first-order valence-corrected chi connectivity index (χ1v) is 11.4. The minimum absolute atomic E-state index is 0.0223. The number of hydrogen-bond acceptors (Lipinski definition) is 8. The molecule has 9 nitrogen and oxygen atoms in total. The van der Waals surface area contributed by atoms with Gasteiger partial charge in [-0.2, -0.15) is 4.98 Å². The summed E-state index contributed by atoms with van der Waals surface area (Å²) in [4.78, 5) is 22.7. The Balaban J connectivity index is 1.90. The molecule has 0 aliphatic heterocycles. The molecule has 0 bridgehead atoms. The van der Waals surface area contributed by atoms with Crippen molar-refractivity contribution in [1.82, 2.24) is 14.9 Å². The third kappa shape index (κ3) is 6.52. The number of nitro groups is 1. The van der Waals surface area contributed by atoms with Crippen molar-refractivity contribution in [3.05, 3.63) is 58.1 Å². The van der Waals surface area contributed by atoms with Crippen molar-refractivity contribution in [2.24, 2.45) is 0 Å². The zero-order chi connectivity index (χ0) is 23.6. The summed E-state index contributed by atoms with van der Waals surface area (Å²) in [6.07, 6.45) is 0.831. The molecule has 0 aliphatic carbocycles. The molecule has 0 fully saturated rings. The van der Waals surface area contributed by atoms with E-state index in [4.69, 9.17) is 4.74 Å². The summed E-state index contributed by atoms with van der Waals surface area (Å²) in [5.74, 6) is 0.766. The lowest BCUT2D eigenvalue weighted by molar-refractivity contribution is -0.383. The van der Waals surface area contributed by atoms with Gasteiger partial charge in [0.1, 0.15) is 5.69 Å². The minimum atomic E-state index is -0.400. The van der Waals surface area contributed by atoms with Gasteiger partial charge in [-0.15, -0.1) is 0 Å². The van der Waals surface area contributed by atoms with E-state index >= 15 is 0 Å². The van der Waals surface area contributed by atoms with Gasteiger partial charge in [-0.1, -0.05) is 44.2 Å². The molecule has 1 aromatic heterocycles. The largest absolute Gasteiger partial charge is 0.477 e. The Hall–Kier alpha value is -3.46. The Bertz CT molecular complexity index is 1060. The van der Waals surface area contributed by atoms with Crippen LogP contribution in [0.4, 0.5) is 17.3 Å². The van der Waals surface area contributed by atoms with E-state index < -0.39 is 4.92 Å². The quantitative estimate of drug-likeness (QED) is 0.219. The van der Waals surface area contributed by atoms with Crippen LogP contribution in [0.15, 0.2) is 42.5 Å². The van der Waals surface area contributed by atoms with Crippen LogP contribution in [0.3, 0.4) is 0 Å². The van der Waals surface area contributed by atoms with Crippen LogP contribution in [0.25, 0.3) is 10.9 Å². The lowest BCUT2D eigenvalue weighted by atomic mass is 10.2. The Morgan fingerprint density at radius 1 is 1.06 bits per heavy atom. The molecule has 0 atom stereocenters. The van der Waals surface area contributed by atoms with E-state index in [1.54, 1.807) is 6.07 Å². The fraction of sp³-hybridized carbons (Fsp3) is 0.417. The minimum Gasteiger partial charge on any atom is -0.477 e. The molecule has 0 unspecified atom stereocenters. The number of fused-ring (bicyclic) bond motifs is 1. The second-order valence-electron chi connectivity index (χ2n) is 7.59. The highest BCUT2D eigenvalue weighted by Crippen LogP contribution is 2.34. The van der Waals surface area contributed by atoms with Crippen LogP contribution in [0, 0.1) is 10.1 Å². The highest BCUT2D eigenvalue weighted by molar-refractivity contribution is 5.91. The first-order valence-electron chi connectivity index (χ1n) is 11.4. The smallest absolute Gasteiger partial charge is 0.293 e. The SMILES string of the molecule is CCNc1cc2nc(NCc3ccccc3)nc(OCCCN(CC)CC)c2cc1[N+](=O)[O-]. The molecule has 0 aliphatic rings. The summed E-state index contributed by atoms with van der Waals surface area (Å²) in [5, 5.41) is 18.5. The van der Waals surface area contributed by atoms with Crippen molar-refractivity contribution in [2.45, 2.75) is 33.7 Å². The zero-order valence-corrected chi connectivity index (χ0v) is 19.5. The Morgan fingerprint density at radius 3 is 2.48 bits per heavy atom. The fourth-order valence-corrected chi connectivity index (χ4v) is 3.58. The van der Waals surface area contributed by atoms with Crippen molar-refractivity contribution in [3.63, 3.8) is 0 Å². The molecular weight excluding hydrogens is 420 g/mol. The normalized spacial score (nSPS) is 11.0. The van der Waals surface area contributed by atoms with E-state index in [-0.39, 0.29) is 5.69 Å². The summed E-state index contributed by atoms with van der Waals surface area (Å²) in [5.41, 5.74) is 2.09. The standard InChI is InChI=1S/C24H32N6O3/c1-4-25-21-16-20-19(15-22(21)30(31)32)23(33-14-10-13-29(5-2)6-3)28-24(27-20)26-17-18-11-8-7-9-12-18/h7-9,11-12,15-16,25H,4-6,10,13-14,17H2,1-3H3,(H,26,27,28). The van der Waals surface area contributed by atoms with Crippen LogP contribution in [-0.2, 0) is 6.54 Å². The maximum Gasteiger partial charge on any atom is 0.293 e. The maximum atomic E-state index is 11.6. The molecule has 1 heterocycles. The van der Waals surface area contributed by atoms with E-state index in [9.17, 15) is 10.1 Å².